The molecule has 0 N–H and O–H groups in total. The van der Waals surface area contributed by atoms with Crippen LogP contribution in [0, 0.1) is 21.7 Å². The van der Waals surface area contributed by atoms with Crippen molar-refractivity contribution in [2.45, 2.75) is 33.0 Å². The Morgan fingerprint density at radius 2 is 1.80 bits per heavy atom. The smallest absolute Gasteiger partial charge is 0.419 e. The lowest BCUT2D eigenvalue weighted by molar-refractivity contribution is -0.384. The van der Waals surface area contributed by atoms with Crippen molar-refractivity contribution in [3.63, 3.8) is 0 Å². The fourth-order valence-electron chi connectivity index (χ4n) is 3.59. The number of halogens is 2. The number of hydrogen-bond acceptors (Lipinski definition) is 6. The van der Waals surface area contributed by atoms with E-state index in [-0.39, 0.29) is 40.5 Å². The van der Waals surface area contributed by atoms with E-state index in [2.05, 4.69) is 0 Å². The van der Waals surface area contributed by atoms with Gasteiger partial charge in [0, 0.05) is 35.4 Å². The molecule has 1 aliphatic heterocycles. The van der Waals surface area contributed by atoms with Gasteiger partial charge in [0.2, 0.25) is 0 Å². The van der Waals surface area contributed by atoms with Gasteiger partial charge in [0.1, 0.15) is 29.6 Å². The number of hydrogen-bond donors (Lipinski definition) is 0. The van der Waals surface area contributed by atoms with Crippen LogP contribution in [-0.4, -0.2) is 22.4 Å². The van der Waals surface area contributed by atoms with Crippen molar-refractivity contribution in [2.24, 2.45) is 0 Å². The maximum absolute atomic E-state index is 14.7. The van der Waals surface area contributed by atoms with E-state index in [4.69, 9.17) is 9.47 Å². The second-order valence-corrected chi connectivity index (χ2v) is 8.81. The standard InChI is InChI=1S/C25H20F2N2O6/c1-25(2,3)35-24(31)28(21-9-5-15(26)10-20(21)27)16-7-8-18-22(12-16)34-13-14-4-6-17(29(32)33)11-19(14)23(18)30/h4-12H,13H2,1-3H3. The molecule has 3 aromatic carbocycles. The molecule has 180 valence electrons. The van der Waals surface area contributed by atoms with Gasteiger partial charge in [0.15, 0.2) is 5.78 Å². The van der Waals surface area contributed by atoms with Crippen molar-refractivity contribution in [2.75, 3.05) is 4.90 Å². The molecular weight excluding hydrogens is 462 g/mol. The van der Waals surface area contributed by atoms with Gasteiger partial charge in [-0.3, -0.25) is 14.9 Å². The molecule has 0 saturated carbocycles. The molecule has 0 radical (unpaired) electrons. The molecule has 0 bridgehead atoms. The van der Waals surface area contributed by atoms with Gasteiger partial charge in [0.25, 0.3) is 5.69 Å². The number of rotatable bonds is 3. The Labute approximate surface area is 198 Å². The van der Waals surface area contributed by atoms with Crippen LogP contribution in [0.3, 0.4) is 0 Å². The van der Waals surface area contributed by atoms with Crippen molar-refractivity contribution in [1.82, 2.24) is 0 Å². The molecule has 10 heteroatoms. The summed E-state index contributed by atoms with van der Waals surface area (Å²) in [6.45, 7) is 4.85. The van der Waals surface area contributed by atoms with Crippen LogP contribution >= 0.6 is 0 Å². The third-order valence-corrected chi connectivity index (χ3v) is 5.13. The zero-order chi connectivity index (χ0) is 25.5. The van der Waals surface area contributed by atoms with Crippen molar-refractivity contribution in [1.29, 1.82) is 0 Å². The lowest BCUT2D eigenvalue weighted by Crippen LogP contribution is -2.34. The van der Waals surface area contributed by atoms with Gasteiger partial charge >= 0.3 is 6.09 Å². The Kier molecular flexibility index (Phi) is 5.98. The molecule has 0 saturated heterocycles. The third kappa shape index (κ3) is 4.81. The normalized spacial score (nSPS) is 12.7. The predicted molar refractivity (Wildman–Crippen MR) is 122 cm³/mol. The zero-order valence-electron chi connectivity index (χ0n) is 19.0. The number of carbonyl (C=O) groups is 2. The summed E-state index contributed by atoms with van der Waals surface area (Å²) < 4.78 is 39.4. The minimum atomic E-state index is -0.998. The highest BCUT2D eigenvalue weighted by Gasteiger charge is 2.30. The summed E-state index contributed by atoms with van der Waals surface area (Å²) in [6, 6.07) is 10.8. The van der Waals surface area contributed by atoms with E-state index >= 15 is 0 Å². The van der Waals surface area contributed by atoms with Crippen LogP contribution in [0.1, 0.15) is 42.3 Å². The molecule has 3 aromatic rings. The fraction of sp³-hybridized carbons (Fsp3) is 0.200. The minimum absolute atomic E-state index is 0.0626. The summed E-state index contributed by atoms with van der Waals surface area (Å²) in [4.78, 5) is 37.7. The van der Waals surface area contributed by atoms with E-state index in [9.17, 15) is 28.5 Å². The van der Waals surface area contributed by atoms with Gasteiger partial charge in [-0.05, 0) is 51.1 Å². The second kappa shape index (κ2) is 8.79. The molecule has 0 atom stereocenters. The van der Waals surface area contributed by atoms with E-state index in [1.807, 2.05) is 0 Å². The Morgan fingerprint density at radius 1 is 1.06 bits per heavy atom. The number of anilines is 2. The number of nitro groups is 1. The highest BCUT2D eigenvalue weighted by molar-refractivity contribution is 6.12. The van der Waals surface area contributed by atoms with E-state index in [0.717, 1.165) is 17.0 Å². The Morgan fingerprint density at radius 3 is 2.46 bits per heavy atom. The van der Waals surface area contributed by atoms with Crippen LogP contribution in [0.15, 0.2) is 54.6 Å². The van der Waals surface area contributed by atoms with Gasteiger partial charge in [-0.25, -0.2) is 18.5 Å². The largest absolute Gasteiger partial charge is 0.488 e. The molecule has 4 rings (SSSR count). The summed E-state index contributed by atoms with van der Waals surface area (Å²) in [7, 11) is 0. The van der Waals surface area contributed by atoms with E-state index in [1.54, 1.807) is 20.8 Å². The lowest BCUT2D eigenvalue weighted by Gasteiger charge is -2.28. The average Bonchev–Trinajstić information content (AvgIpc) is 2.90. The van der Waals surface area contributed by atoms with Gasteiger partial charge in [-0.1, -0.05) is 0 Å². The van der Waals surface area contributed by atoms with E-state index < -0.39 is 34.0 Å². The van der Waals surface area contributed by atoms with Crippen LogP contribution in [-0.2, 0) is 11.3 Å². The fourth-order valence-corrected chi connectivity index (χ4v) is 3.59. The lowest BCUT2D eigenvalue weighted by atomic mass is 9.98. The van der Waals surface area contributed by atoms with Crippen LogP contribution in [0.2, 0.25) is 0 Å². The summed E-state index contributed by atoms with van der Waals surface area (Å²) in [5, 5.41) is 11.2. The zero-order valence-corrected chi connectivity index (χ0v) is 19.0. The maximum Gasteiger partial charge on any atom is 0.419 e. The summed E-state index contributed by atoms with van der Waals surface area (Å²) >= 11 is 0. The molecule has 0 aromatic heterocycles. The van der Waals surface area contributed by atoms with Crippen LogP contribution in [0.25, 0.3) is 0 Å². The number of benzene rings is 3. The molecule has 8 nitrogen and oxygen atoms in total. The Hall–Kier alpha value is -4.34. The molecule has 0 unspecified atom stereocenters. The number of amides is 1. The predicted octanol–water partition coefficient (Wildman–Crippen LogP) is 6.07. The van der Waals surface area contributed by atoms with Crippen LogP contribution in [0.5, 0.6) is 5.75 Å². The van der Waals surface area contributed by atoms with Crippen LogP contribution < -0.4 is 9.64 Å². The van der Waals surface area contributed by atoms with Crippen LogP contribution in [0.4, 0.5) is 30.6 Å². The number of carbonyl (C=O) groups excluding carboxylic acids is 2. The Bertz CT molecular complexity index is 1370. The molecule has 1 amide bonds. The van der Waals surface area contributed by atoms with Crippen molar-refractivity contribution in [3.05, 3.63) is 93.0 Å². The first-order valence-corrected chi connectivity index (χ1v) is 10.5. The molecular formula is C25H20F2N2O6. The molecule has 1 heterocycles. The van der Waals surface area contributed by atoms with E-state index in [0.29, 0.717) is 11.6 Å². The van der Waals surface area contributed by atoms with Crippen molar-refractivity contribution >= 4 is 28.9 Å². The first kappa shape index (κ1) is 23.8. The summed E-state index contributed by atoms with van der Waals surface area (Å²) in [5.41, 5.74) is -0.629. The molecule has 0 spiro atoms. The summed E-state index contributed by atoms with van der Waals surface area (Å²) in [5.74, 6) is -2.23. The molecule has 1 aliphatic rings. The SMILES string of the molecule is CC(C)(C)OC(=O)N(c1ccc2c(c1)OCc1ccc([N+](=O)[O-])cc1C2=O)c1ccc(F)cc1F. The summed E-state index contributed by atoms with van der Waals surface area (Å²) in [6.07, 6.45) is -0.929. The quantitative estimate of drug-likeness (QED) is 0.332. The van der Waals surface area contributed by atoms with Gasteiger partial charge in [-0.15, -0.1) is 0 Å². The highest BCUT2D eigenvalue weighted by atomic mass is 19.1. The Balaban J connectivity index is 1.80. The topological polar surface area (TPSA) is 99.0 Å². The number of ketones is 1. The highest BCUT2D eigenvalue weighted by Crippen LogP contribution is 2.37. The molecule has 0 aliphatic carbocycles. The first-order chi connectivity index (χ1) is 16.4. The number of fused-ring (bicyclic) bond motifs is 2. The average molecular weight is 482 g/mol. The first-order valence-electron chi connectivity index (χ1n) is 10.5. The van der Waals surface area contributed by atoms with Gasteiger partial charge in [-0.2, -0.15) is 0 Å². The second-order valence-electron chi connectivity index (χ2n) is 8.81. The van der Waals surface area contributed by atoms with E-state index in [1.165, 1.54) is 36.4 Å². The maximum atomic E-state index is 14.7. The molecule has 35 heavy (non-hydrogen) atoms. The number of nitrogens with zero attached hydrogens (tertiary/aromatic N) is 2. The monoisotopic (exact) mass is 482 g/mol. The van der Waals surface area contributed by atoms with Crippen molar-refractivity contribution in [3.8, 4) is 5.75 Å². The van der Waals surface area contributed by atoms with Gasteiger partial charge in [0.05, 0.1) is 21.9 Å². The van der Waals surface area contributed by atoms with Crippen molar-refractivity contribution < 1.29 is 32.8 Å². The molecule has 0 fully saturated rings. The number of non-ortho nitro benzene ring substituents is 1. The third-order valence-electron chi connectivity index (χ3n) is 5.13. The number of nitro benzene ring substituents is 1. The minimum Gasteiger partial charge on any atom is -0.488 e. The number of ether oxygens (including phenoxy) is 2. The van der Waals surface area contributed by atoms with Gasteiger partial charge < -0.3 is 9.47 Å².